The van der Waals surface area contributed by atoms with Crippen LogP contribution in [-0.2, 0) is 11.3 Å². The van der Waals surface area contributed by atoms with Gasteiger partial charge >= 0.3 is 0 Å². The van der Waals surface area contributed by atoms with Gasteiger partial charge in [-0.1, -0.05) is 6.07 Å². The number of nitrogens with one attached hydrogen (secondary N) is 1. The maximum atomic E-state index is 9.11. The third-order valence-corrected chi connectivity index (χ3v) is 2.57. The van der Waals surface area contributed by atoms with E-state index in [2.05, 4.69) is 11.4 Å². The highest BCUT2D eigenvalue weighted by molar-refractivity contribution is 5.45. The molecule has 1 atom stereocenters. The van der Waals surface area contributed by atoms with Gasteiger partial charge in [-0.3, -0.25) is 0 Å². The predicted molar refractivity (Wildman–Crippen MR) is 67.3 cm³/mol. The van der Waals surface area contributed by atoms with Crippen LogP contribution in [0.15, 0.2) is 18.2 Å². The van der Waals surface area contributed by atoms with Crippen molar-refractivity contribution in [2.75, 3.05) is 27.4 Å². The highest BCUT2D eigenvalue weighted by Crippen LogP contribution is 2.19. The Labute approximate surface area is 107 Å². The first-order valence-corrected chi connectivity index (χ1v) is 5.65. The summed E-state index contributed by atoms with van der Waals surface area (Å²) in [7, 11) is 3.13. The van der Waals surface area contributed by atoms with Crippen molar-refractivity contribution in [3.8, 4) is 11.8 Å². The highest BCUT2D eigenvalue weighted by Gasteiger charge is 2.07. The molecule has 0 aliphatic heterocycles. The number of nitriles is 1. The van der Waals surface area contributed by atoms with Gasteiger partial charge in [0.1, 0.15) is 11.8 Å². The number of aliphatic hydroxyl groups excluding tert-OH is 1. The zero-order valence-electron chi connectivity index (χ0n) is 10.6. The number of nitrogens with zero attached hydrogens (tertiary/aromatic N) is 1. The van der Waals surface area contributed by atoms with Gasteiger partial charge in [0.15, 0.2) is 0 Å². The molecule has 0 aliphatic carbocycles. The lowest BCUT2D eigenvalue weighted by molar-refractivity contribution is 0.128. The van der Waals surface area contributed by atoms with E-state index in [1.54, 1.807) is 13.2 Å². The molecule has 0 fully saturated rings. The van der Waals surface area contributed by atoms with Crippen molar-refractivity contribution in [3.05, 3.63) is 29.3 Å². The molecule has 0 aromatic heterocycles. The molecule has 18 heavy (non-hydrogen) atoms. The van der Waals surface area contributed by atoms with Crippen molar-refractivity contribution < 1.29 is 14.6 Å². The Bertz CT molecular complexity index is 415. The van der Waals surface area contributed by atoms with Gasteiger partial charge in [-0.25, -0.2) is 0 Å². The number of aliphatic hydroxyl groups is 1. The summed E-state index contributed by atoms with van der Waals surface area (Å²) >= 11 is 0. The molecule has 0 radical (unpaired) electrons. The van der Waals surface area contributed by atoms with Crippen molar-refractivity contribution in [2.45, 2.75) is 12.6 Å². The first-order chi connectivity index (χ1) is 8.74. The predicted octanol–water partition coefficient (Wildman–Crippen LogP) is 0.664. The minimum Gasteiger partial charge on any atom is -0.495 e. The molecule has 1 unspecified atom stereocenters. The summed E-state index contributed by atoms with van der Waals surface area (Å²) in [5, 5.41) is 21.1. The third kappa shape index (κ3) is 4.00. The van der Waals surface area contributed by atoms with Crippen LogP contribution in [0.25, 0.3) is 0 Å². The monoisotopic (exact) mass is 250 g/mol. The summed E-state index contributed by atoms with van der Waals surface area (Å²) in [4.78, 5) is 0. The van der Waals surface area contributed by atoms with Gasteiger partial charge in [-0.15, -0.1) is 0 Å². The normalized spacial score (nSPS) is 11.9. The number of hydrogen-bond donors (Lipinski definition) is 2. The molecule has 5 nitrogen and oxygen atoms in total. The quantitative estimate of drug-likeness (QED) is 0.743. The van der Waals surface area contributed by atoms with Crippen molar-refractivity contribution in [3.63, 3.8) is 0 Å². The van der Waals surface area contributed by atoms with Crippen molar-refractivity contribution in [1.29, 1.82) is 5.26 Å². The van der Waals surface area contributed by atoms with Crippen LogP contribution < -0.4 is 10.1 Å². The summed E-state index contributed by atoms with van der Waals surface area (Å²) in [5.41, 5.74) is 1.50. The van der Waals surface area contributed by atoms with Gasteiger partial charge in [0.05, 0.1) is 31.9 Å². The molecule has 0 bridgehead atoms. The van der Waals surface area contributed by atoms with E-state index in [4.69, 9.17) is 19.8 Å². The lowest BCUT2D eigenvalue weighted by Crippen LogP contribution is -2.35. The molecule has 0 saturated carbocycles. The first kappa shape index (κ1) is 14.5. The molecule has 1 rings (SSSR count). The topological polar surface area (TPSA) is 74.5 Å². The van der Waals surface area contributed by atoms with Gasteiger partial charge in [0, 0.05) is 13.7 Å². The van der Waals surface area contributed by atoms with Crippen LogP contribution in [0.3, 0.4) is 0 Å². The second kappa shape index (κ2) is 7.67. The van der Waals surface area contributed by atoms with E-state index in [-0.39, 0.29) is 12.6 Å². The van der Waals surface area contributed by atoms with Crippen LogP contribution in [0.5, 0.6) is 5.75 Å². The summed E-state index contributed by atoms with van der Waals surface area (Å²) < 4.78 is 10.1. The van der Waals surface area contributed by atoms with E-state index >= 15 is 0 Å². The fourth-order valence-electron chi connectivity index (χ4n) is 1.58. The number of ether oxygens (including phenoxy) is 2. The van der Waals surface area contributed by atoms with Gasteiger partial charge in [-0.05, 0) is 17.7 Å². The maximum absolute atomic E-state index is 9.11. The Hall–Kier alpha value is -1.61. The van der Waals surface area contributed by atoms with Crippen LogP contribution >= 0.6 is 0 Å². The molecule has 2 N–H and O–H groups in total. The maximum Gasteiger partial charge on any atom is 0.136 e. The SMILES string of the molecule is COCC(CO)NCc1ccc(C#N)c(OC)c1. The van der Waals surface area contributed by atoms with Crippen LogP contribution in [0.4, 0.5) is 0 Å². The van der Waals surface area contributed by atoms with Gasteiger partial charge in [-0.2, -0.15) is 5.26 Å². The zero-order valence-corrected chi connectivity index (χ0v) is 10.6. The Morgan fingerprint density at radius 1 is 1.44 bits per heavy atom. The third-order valence-electron chi connectivity index (χ3n) is 2.57. The van der Waals surface area contributed by atoms with Crippen molar-refractivity contribution in [2.24, 2.45) is 0 Å². The van der Waals surface area contributed by atoms with E-state index < -0.39 is 0 Å². The van der Waals surface area contributed by atoms with Gasteiger partial charge in [0.2, 0.25) is 0 Å². The van der Waals surface area contributed by atoms with Gasteiger partial charge < -0.3 is 19.9 Å². The molecule has 0 heterocycles. The van der Waals surface area contributed by atoms with Crippen LogP contribution in [0, 0.1) is 11.3 Å². The number of rotatable bonds is 7. The minimum absolute atomic E-state index is 0.0151. The molecule has 5 heteroatoms. The number of hydrogen-bond acceptors (Lipinski definition) is 5. The molecule has 0 aliphatic rings. The van der Waals surface area contributed by atoms with Crippen LogP contribution in [0.2, 0.25) is 0 Å². The lowest BCUT2D eigenvalue weighted by atomic mass is 10.1. The number of methoxy groups -OCH3 is 2. The smallest absolute Gasteiger partial charge is 0.136 e. The van der Waals surface area contributed by atoms with Crippen molar-refractivity contribution >= 4 is 0 Å². The average Bonchev–Trinajstić information content (AvgIpc) is 2.42. The van der Waals surface area contributed by atoms with Crippen LogP contribution in [0.1, 0.15) is 11.1 Å². The molecule has 98 valence electrons. The molecular formula is C13H18N2O3. The van der Waals surface area contributed by atoms with Crippen molar-refractivity contribution in [1.82, 2.24) is 5.32 Å². The van der Waals surface area contributed by atoms with E-state index in [1.807, 2.05) is 12.1 Å². The standard InChI is InChI=1S/C13H18N2O3/c1-17-9-12(8-16)15-7-10-3-4-11(6-14)13(5-10)18-2/h3-5,12,15-16H,7-9H2,1-2H3. The largest absolute Gasteiger partial charge is 0.495 e. The fourth-order valence-corrected chi connectivity index (χ4v) is 1.58. The molecule has 0 saturated heterocycles. The lowest BCUT2D eigenvalue weighted by Gasteiger charge is -2.15. The highest BCUT2D eigenvalue weighted by atomic mass is 16.5. The average molecular weight is 250 g/mol. The van der Waals surface area contributed by atoms with E-state index in [9.17, 15) is 0 Å². The van der Waals surface area contributed by atoms with Crippen LogP contribution in [-0.4, -0.2) is 38.6 Å². The Morgan fingerprint density at radius 2 is 2.22 bits per heavy atom. The summed E-state index contributed by atoms with van der Waals surface area (Å²) in [5.74, 6) is 0.559. The molecule has 1 aromatic carbocycles. The van der Waals surface area contributed by atoms with E-state index in [0.29, 0.717) is 24.5 Å². The van der Waals surface area contributed by atoms with E-state index in [1.165, 1.54) is 7.11 Å². The Kier molecular flexibility index (Phi) is 6.15. The first-order valence-electron chi connectivity index (χ1n) is 5.65. The Balaban J connectivity index is 2.65. The fraction of sp³-hybridized carbons (Fsp3) is 0.462. The van der Waals surface area contributed by atoms with E-state index in [0.717, 1.165) is 5.56 Å². The summed E-state index contributed by atoms with van der Waals surface area (Å²) in [6.07, 6.45) is 0. The van der Waals surface area contributed by atoms with Gasteiger partial charge in [0.25, 0.3) is 0 Å². The summed E-state index contributed by atoms with van der Waals surface area (Å²) in [6, 6.07) is 7.36. The molecule has 0 spiro atoms. The zero-order chi connectivity index (χ0) is 13.4. The molecule has 0 amide bonds. The molecule has 1 aromatic rings. The second-order valence-electron chi connectivity index (χ2n) is 3.86. The number of benzene rings is 1. The second-order valence-corrected chi connectivity index (χ2v) is 3.86. The Morgan fingerprint density at radius 3 is 2.78 bits per heavy atom. The minimum atomic E-state index is -0.100. The molecular weight excluding hydrogens is 232 g/mol. The summed E-state index contributed by atoms with van der Waals surface area (Å²) in [6.45, 7) is 1.04.